The lowest BCUT2D eigenvalue weighted by Crippen LogP contribution is -2.11. The topological polar surface area (TPSA) is 0 Å². The van der Waals surface area contributed by atoms with E-state index in [4.69, 9.17) is 0 Å². The van der Waals surface area contributed by atoms with Crippen molar-refractivity contribution >= 4 is 0 Å². The summed E-state index contributed by atoms with van der Waals surface area (Å²) in [6, 6.07) is 44.7. The van der Waals surface area contributed by atoms with E-state index < -0.39 is 0 Å². The lowest BCUT2D eigenvalue weighted by atomic mass is 9.78. The first-order valence-corrected chi connectivity index (χ1v) is 14.8. The van der Waals surface area contributed by atoms with E-state index in [9.17, 15) is 0 Å². The van der Waals surface area contributed by atoms with E-state index in [2.05, 4.69) is 173 Å². The third kappa shape index (κ3) is 4.44. The van der Waals surface area contributed by atoms with Gasteiger partial charge < -0.3 is 0 Å². The van der Waals surface area contributed by atoms with Crippen molar-refractivity contribution < 1.29 is 0 Å². The molecule has 2 saturated carbocycles. The van der Waals surface area contributed by atoms with Gasteiger partial charge in [-0.1, -0.05) is 121 Å². The second kappa shape index (κ2) is 11.1. The Morgan fingerprint density at radius 1 is 0.310 bits per heavy atom. The Kier molecular flexibility index (Phi) is 6.79. The highest BCUT2D eigenvalue weighted by Crippen LogP contribution is 2.54. The van der Waals surface area contributed by atoms with Crippen LogP contribution in [0.3, 0.4) is 0 Å². The van der Waals surface area contributed by atoms with Gasteiger partial charge in [0, 0.05) is 11.8 Å². The number of rotatable bonds is 6. The van der Waals surface area contributed by atoms with Gasteiger partial charge in [-0.05, 0) is 119 Å². The predicted molar refractivity (Wildman–Crippen MR) is 174 cm³/mol. The van der Waals surface area contributed by atoms with Crippen LogP contribution in [-0.2, 0) is 0 Å². The van der Waals surface area contributed by atoms with Gasteiger partial charge in [0.1, 0.15) is 0 Å². The maximum atomic E-state index is 2.52. The van der Waals surface area contributed by atoms with Crippen molar-refractivity contribution in [3.63, 3.8) is 0 Å². The molecule has 2 atom stereocenters. The smallest absolute Gasteiger partial charge is 0.0170 e. The summed E-state index contributed by atoms with van der Waals surface area (Å²) >= 11 is 0. The summed E-state index contributed by atoms with van der Waals surface area (Å²) in [5.41, 5.74) is 13.2. The summed E-state index contributed by atoms with van der Waals surface area (Å²) < 4.78 is 0. The van der Waals surface area contributed by atoms with E-state index in [0.29, 0.717) is 0 Å². The van der Waals surface area contributed by atoms with Gasteiger partial charge in [0.25, 0.3) is 0 Å². The molecule has 8 rings (SSSR count). The van der Waals surface area contributed by atoms with E-state index in [1.807, 2.05) is 0 Å². The second-order valence-electron chi connectivity index (χ2n) is 11.2. The van der Waals surface area contributed by atoms with Gasteiger partial charge in [-0.25, -0.2) is 0 Å². The van der Waals surface area contributed by atoms with Crippen molar-refractivity contribution in [1.82, 2.24) is 0 Å². The molecule has 2 fully saturated rings. The molecule has 0 heterocycles. The normalized spacial score (nSPS) is 17.8. The molecule has 0 heteroatoms. The summed E-state index contributed by atoms with van der Waals surface area (Å²) in [5.74, 6) is 2.89. The average Bonchev–Trinajstić information content (AvgIpc) is 3.83. The van der Waals surface area contributed by atoms with Crippen LogP contribution in [0.5, 0.6) is 0 Å². The molecule has 10 radical (unpaired) electrons. The minimum absolute atomic E-state index is 0.119. The third-order valence-corrected chi connectivity index (χ3v) is 8.91. The quantitative estimate of drug-likeness (QED) is 0.199. The number of hydrogen-bond acceptors (Lipinski definition) is 0. The molecule has 2 unspecified atom stereocenters. The Morgan fingerprint density at radius 2 is 0.690 bits per heavy atom. The highest BCUT2D eigenvalue weighted by Gasteiger charge is 2.38. The molecule has 8 aliphatic carbocycles. The van der Waals surface area contributed by atoms with Crippen LogP contribution in [0.4, 0.5) is 0 Å². The fraction of sp³-hybridized carbons (Fsp3) is 0.0476. The maximum Gasteiger partial charge on any atom is 0.0170 e. The fourth-order valence-corrected chi connectivity index (χ4v) is 7.05. The van der Waals surface area contributed by atoms with Crippen molar-refractivity contribution in [2.75, 3.05) is 0 Å². The fourth-order valence-electron chi connectivity index (χ4n) is 7.05. The average molecular weight is 535 g/mol. The number of hydrogen-bond donors (Lipinski definition) is 0. The lowest BCUT2D eigenvalue weighted by molar-refractivity contribution is 0.871. The van der Waals surface area contributed by atoms with E-state index in [-0.39, 0.29) is 11.8 Å². The summed E-state index contributed by atoms with van der Waals surface area (Å²) in [4.78, 5) is 0. The van der Waals surface area contributed by atoms with Gasteiger partial charge in [0.05, 0.1) is 0 Å². The van der Waals surface area contributed by atoms with Crippen molar-refractivity contribution in [2.45, 2.75) is 11.8 Å². The summed E-state index contributed by atoms with van der Waals surface area (Å²) in [7, 11) is 0. The standard InChI is InChI=1S/C42H30/c1-4-14-29-24-26-37(33(29)20-6-1)41(31-16-10-11-17-31)39-28-40(36-23-9-3-8-22-35(36)39)42(32-18-12-13-19-32)38-27-25-30-15-5-2-7-21-34(30)38/h1-28,41-42H. The molecule has 0 aromatic heterocycles. The highest BCUT2D eigenvalue weighted by atomic mass is 14.4. The van der Waals surface area contributed by atoms with E-state index in [1.165, 1.54) is 67.5 Å². The van der Waals surface area contributed by atoms with Crippen LogP contribution in [0.15, 0.2) is 121 Å². The summed E-state index contributed by atoms with van der Waals surface area (Å²) in [6.07, 6.45) is 17.8. The van der Waals surface area contributed by atoms with Crippen molar-refractivity contribution in [2.24, 2.45) is 0 Å². The van der Waals surface area contributed by atoms with Crippen LogP contribution in [0.2, 0.25) is 0 Å². The van der Waals surface area contributed by atoms with Crippen molar-refractivity contribution in [3.8, 4) is 33.4 Å². The van der Waals surface area contributed by atoms with E-state index >= 15 is 0 Å². The molecule has 0 nitrogen and oxygen atoms in total. The van der Waals surface area contributed by atoms with Gasteiger partial charge in [-0.15, -0.1) is 0 Å². The molecular weight excluding hydrogens is 504 g/mol. The molecule has 0 amide bonds. The zero-order valence-electron chi connectivity index (χ0n) is 23.3. The summed E-state index contributed by atoms with van der Waals surface area (Å²) in [5, 5.41) is 0. The largest absolute Gasteiger partial charge is 0.0622 e. The zero-order chi connectivity index (χ0) is 27.9. The van der Waals surface area contributed by atoms with Gasteiger partial charge >= 0.3 is 0 Å². The first-order chi connectivity index (χ1) is 20.9. The Bertz CT molecular complexity index is 1590. The van der Waals surface area contributed by atoms with Crippen molar-refractivity contribution in [1.29, 1.82) is 0 Å². The Morgan fingerprint density at radius 3 is 1.12 bits per heavy atom. The highest BCUT2D eigenvalue weighted by molar-refractivity contribution is 5.83. The first-order valence-electron chi connectivity index (χ1n) is 14.8. The molecule has 0 bridgehead atoms. The van der Waals surface area contributed by atoms with Crippen molar-refractivity contribution in [3.05, 3.63) is 207 Å². The second-order valence-corrected chi connectivity index (χ2v) is 11.2. The molecule has 42 heavy (non-hydrogen) atoms. The molecule has 0 saturated heterocycles. The van der Waals surface area contributed by atoms with Crippen LogP contribution >= 0.6 is 0 Å². The summed E-state index contributed by atoms with van der Waals surface area (Å²) in [6.45, 7) is 0. The Labute approximate surface area is 251 Å². The molecule has 198 valence electrons. The zero-order valence-corrected chi connectivity index (χ0v) is 23.3. The minimum Gasteiger partial charge on any atom is -0.0622 e. The molecule has 0 spiro atoms. The lowest BCUT2D eigenvalue weighted by Gasteiger charge is -2.25. The molecule has 8 aliphatic rings. The molecule has 0 N–H and O–H groups in total. The van der Waals surface area contributed by atoms with Gasteiger partial charge in [-0.2, -0.15) is 0 Å². The van der Waals surface area contributed by atoms with E-state index in [1.54, 1.807) is 0 Å². The number of fused-ring (bicyclic) bond motifs is 3. The Balaban J connectivity index is 1.35. The van der Waals surface area contributed by atoms with Crippen LogP contribution in [-0.4, -0.2) is 0 Å². The predicted octanol–water partition coefficient (Wildman–Crippen LogP) is 10.1. The molecule has 0 aliphatic heterocycles. The van der Waals surface area contributed by atoms with Crippen LogP contribution in [0.25, 0.3) is 33.4 Å². The first kappa shape index (κ1) is 25.8. The molecule has 0 aromatic rings. The van der Waals surface area contributed by atoms with Crippen LogP contribution in [0, 0.1) is 63.2 Å². The minimum atomic E-state index is 0.119. The third-order valence-electron chi connectivity index (χ3n) is 8.91. The maximum absolute atomic E-state index is 2.52. The molecular formula is C42H30. The van der Waals surface area contributed by atoms with Gasteiger partial charge in [0.15, 0.2) is 0 Å². The molecule has 0 aromatic carbocycles. The Hall–Kier alpha value is -3.90. The van der Waals surface area contributed by atoms with Gasteiger partial charge in [0.2, 0.25) is 0 Å². The van der Waals surface area contributed by atoms with Crippen LogP contribution in [0.1, 0.15) is 34.1 Å². The van der Waals surface area contributed by atoms with E-state index in [0.717, 1.165) is 0 Å². The van der Waals surface area contributed by atoms with Gasteiger partial charge in [-0.3, -0.25) is 0 Å². The monoisotopic (exact) mass is 534 g/mol. The van der Waals surface area contributed by atoms with Crippen LogP contribution < -0.4 is 0 Å². The SMILES string of the molecule is [CH]1[CH][CH][C](C(c2ccc3cccccc2-3)c2cc(C([C]3[CH][CH][CH][CH]3)c3ccc4cccccc3-4)c3cccccc2-3)[CH]1.